The number of nitrogens with one attached hydrogen (secondary N) is 1. The van der Waals surface area contributed by atoms with Gasteiger partial charge in [-0.15, -0.1) is 0 Å². The fourth-order valence-electron chi connectivity index (χ4n) is 4.62. The third-order valence-corrected chi connectivity index (χ3v) is 6.53. The fraction of sp³-hybridized carbons (Fsp3) is 0.600. The molecule has 0 heterocycles. The Balaban J connectivity index is 1.54. The molecule has 2 aliphatic rings. The summed E-state index contributed by atoms with van der Waals surface area (Å²) < 4.78 is 0. The molecule has 0 aliphatic heterocycles. The van der Waals surface area contributed by atoms with Gasteiger partial charge in [0.2, 0.25) is 0 Å². The van der Waals surface area contributed by atoms with Gasteiger partial charge in [0.15, 0.2) is 0 Å². The summed E-state index contributed by atoms with van der Waals surface area (Å²) in [6.07, 6.45) is 46.1. The predicted octanol–water partition coefficient (Wildman–Crippen LogP) is 9.13. The van der Waals surface area contributed by atoms with Crippen molar-refractivity contribution in [3.63, 3.8) is 0 Å². The van der Waals surface area contributed by atoms with Crippen molar-refractivity contribution in [2.45, 2.75) is 103 Å². The molecule has 1 fully saturated rings. The van der Waals surface area contributed by atoms with Crippen molar-refractivity contribution >= 4 is 0 Å². The van der Waals surface area contributed by atoms with Crippen molar-refractivity contribution in [2.75, 3.05) is 6.54 Å². The van der Waals surface area contributed by atoms with Gasteiger partial charge in [-0.2, -0.15) is 0 Å². The molecule has 0 radical (unpaired) electrons. The highest BCUT2D eigenvalue weighted by Crippen LogP contribution is 2.25. The van der Waals surface area contributed by atoms with Gasteiger partial charge in [0.25, 0.3) is 0 Å². The molecule has 172 valence electrons. The summed E-state index contributed by atoms with van der Waals surface area (Å²) in [6.45, 7) is 1.06. The second kappa shape index (κ2) is 19.0. The molecule has 2 rings (SSSR count). The summed E-state index contributed by atoms with van der Waals surface area (Å²) in [7, 11) is 0. The van der Waals surface area contributed by atoms with Crippen LogP contribution in [0.3, 0.4) is 0 Å². The highest BCUT2D eigenvalue weighted by atomic mass is 14.9. The molecule has 0 amide bonds. The van der Waals surface area contributed by atoms with Crippen LogP contribution in [0.1, 0.15) is 103 Å². The Hall–Kier alpha value is -1.76. The van der Waals surface area contributed by atoms with Crippen molar-refractivity contribution in [1.82, 2.24) is 5.32 Å². The zero-order valence-electron chi connectivity index (χ0n) is 19.9. The van der Waals surface area contributed by atoms with E-state index in [9.17, 15) is 0 Å². The first-order valence-electron chi connectivity index (χ1n) is 13.2. The zero-order valence-corrected chi connectivity index (χ0v) is 19.9. The molecule has 0 unspecified atom stereocenters. The van der Waals surface area contributed by atoms with Crippen LogP contribution in [0, 0.1) is 5.92 Å². The maximum atomic E-state index is 3.59. The number of hydrogen-bond acceptors (Lipinski definition) is 1. The van der Waals surface area contributed by atoms with E-state index in [2.05, 4.69) is 53.9 Å². The van der Waals surface area contributed by atoms with Crippen LogP contribution in [0.5, 0.6) is 0 Å². The van der Waals surface area contributed by atoms with Gasteiger partial charge in [-0.05, 0) is 24.5 Å². The molecular weight excluding hydrogens is 374 g/mol. The Kier molecular flexibility index (Phi) is 15.6. The Bertz CT molecular complexity index is 590. The zero-order chi connectivity index (χ0) is 21.7. The fourth-order valence-corrected chi connectivity index (χ4v) is 4.62. The summed E-state index contributed by atoms with van der Waals surface area (Å²) in [5, 5.41) is 3.59. The van der Waals surface area contributed by atoms with Crippen LogP contribution in [0.15, 0.2) is 72.5 Å². The normalized spacial score (nSPS) is 24.1. The SMILES string of the molecule is C1=C\C=C/C=C(NCCCCCCCC2CCCCCCCCCC2)\C=C/C=C/C=C1. The van der Waals surface area contributed by atoms with E-state index >= 15 is 0 Å². The van der Waals surface area contributed by atoms with Crippen molar-refractivity contribution < 1.29 is 0 Å². The van der Waals surface area contributed by atoms with Crippen molar-refractivity contribution in [1.29, 1.82) is 0 Å². The molecule has 0 atom stereocenters. The Labute approximate surface area is 193 Å². The van der Waals surface area contributed by atoms with E-state index in [1.165, 1.54) is 108 Å². The number of hydrogen-bond donors (Lipinski definition) is 1. The van der Waals surface area contributed by atoms with Crippen LogP contribution in [0.4, 0.5) is 0 Å². The molecule has 1 saturated carbocycles. The minimum absolute atomic E-state index is 1.02. The molecule has 31 heavy (non-hydrogen) atoms. The Morgan fingerprint density at radius 3 is 1.74 bits per heavy atom. The van der Waals surface area contributed by atoms with Gasteiger partial charge in [0.05, 0.1) is 0 Å². The number of allylic oxidation sites excluding steroid dienone is 11. The summed E-state index contributed by atoms with van der Waals surface area (Å²) >= 11 is 0. The van der Waals surface area contributed by atoms with Crippen LogP contribution in [-0.2, 0) is 0 Å². The van der Waals surface area contributed by atoms with E-state index in [0.29, 0.717) is 0 Å². The van der Waals surface area contributed by atoms with Crippen LogP contribution in [0.2, 0.25) is 0 Å². The van der Waals surface area contributed by atoms with E-state index in [1.54, 1.807) is 0 Å². The van der Waals surface area contributed by atoms with Gasteiger partial charge in [0.1, 0.15) is 0 Å². The molecule has 2 aliphatic carbocycles. The smallest absolute Gasteiger partial charge is 0.0340 e. The van der Waals surface area contributed by atoms with Crippen molar-refractivity contribution in [3.05, 3.63) is 72.5 Å². The third kappa shape index (κ3) is 14.8. The van der Waals surface area contributed by atoms with Crippen LogP contribution in [0.25, 0.3) is 0 Å². The minimum atomic E-state index is 1.02. The van der Waals surface area contributed by atoms with Gasteiger partial charge < -0.3 is 5.32 Å². The van der Waals surface area contributed by atoms with Crippen LogP contribution >= 0.6 is 0 Å². The molecule has 0 aromatic carbocycles. The van der Waals surface area contributed by atoms with E-state index in [1.807, 2.05) is 18.2 Å². The first-order valence-corrected chi connectivity index (χ1v) is 13.2. The lowest BCUT2D eigenvalue weighted by Crippen LogP contribution is -2.13. The average molecular weight is 422 g/mol. The molecule has 0 aromatic heterocycles. The number of unbranched alkanes of at least 4 members (excludes halogenated alkanes) is 4. The minimum Gasteiger partial charge on any atom is -0.385 e. The Morgan fingerprint density at radius 1 is 0.548 bits per heavy atom. The van der Waals surface area contributed by atoms with E-state index in [4.69, 9.17) is 0 Å². The summed E-state index contributed by atoms with van der Waals surface area (Å²) in [6, 6.07) is 0. The van der Waals surface area contributed by atoms with Crippen molar-refractivity contribution in [3.8, 4) is 0 Å². The lowest BCUT2D eigenvalue weighted by Gasteiger charge is -2.16. The quantitative estimate of drug-likeness (QED) is 0.366. The summed E-state index contributed by atoms with van der Waals surface area (Å²) in [5.41, 5.74) is 1.19. The first-order chi connectivity index (χ1) is 15.4. The van der Waals surface area contributed by atoms with Gasteiger partial charge in [0, 0.05) is 12.2 Å². The van der Waals surface area contributed by atoms with Crippen LogP contribution < -0.4 is 5.32 Å². The average Bonchev–Trinajstić information content (AvgIpc) is 2.83. The highest BCUT2D eigenvalue weighted by molar-refractivity contribution is 5.28. The Morgan fingerprint density at radius 2 is 1.06 bits per heavy atom. The lowest BCUT2D eigenvalue weighted by atomic mass is 9.90. The molecule has 1 nitrogen and oxygen atoms in total. The summed E-state index contributed by atoms with van der Waals surface area (Å²) in [4.78, 5) is 0. The molecule has 0 saturated heterocycles. The van der Waals surface area contributed by atoms with Gasteiger partial charge >= 0.3 is 0 Å². The van der Waals surface area contributed by atoms with E-state index in [-0.39, 0.29) is 0 Å². The second-order valence-electron chi connectivity index (χ2n) is 9.28. The molecular formula is C30H47N. The van der Waals surface area contributed by atoms with Gasteiger partial charge in [-0.25, -0.2) is 0 Å². The third-order valence-electron chi connectivity index (χ3n) is 6.53. The number of rotatable bonds is 9. The largest absolute Gasteiger partial charge is 0.385 e. The molecule has 0 aromatic rings. The second-order valence-corrected chi connectivity index (χ2v) is 9.28. The standard InChI is InChI=1S/C30H47N/c1-2-8-14-20-26-30(27-21-15-9-3-1)31-28-22-16-10-13-19-25-29-23-17-11-6-4-5-7-12-18-24-29/h1-3,8-9,14-15,20-21,26-27,29,31H,4-7,10-13,16-19,22-25,28H2/b2-1?,3-1?,8-2?,9-3?,14-8+,15-9?,20-14?,21-15-,26-20-,27-21?,30-26?,30-27+. The highest BCUT2D eigenvalue weighted by Gasteiger charge is 2.09. The van der Waals surface area contributed by atoms with Gasteiger partial charge in [-0.3, -0.25) is 0 Å². The monoisotopic (exact) mass is 421 g/mol. The molecule has 1 N–H and O–H groups in total. The van der Waals surface area contributed by atoms with Crippen molar-refractivity contribution in [2.24, 2.45) is 5.92 Å². The first kappa shape index (κ1) is 25.5. The topological polar surface area (TPSA) is 12.0 Å². The van der Waals surface area contributed by atoms with E-state index < -0.39 is 0 Å². The predicted molar refractivity (Wildman–Crippen MR) is 139 cm³/mol. The molecule has 0 spiro atoms. The molecule has 0 bridgehead atoms. The summed E-state index contributed by atoms with van der Waals surface area (Å²) in [5.74, 6) is 1.02. The molecule has 1 heteroatoms. The van der Waals surface area contributed by atoms with E-state index in [0.717, 1.165) is 12.5 Å². The lowest BCUT2D eigenvalue weighted by molar-refractivity contribution is 0.372. The maximum Gasteiger partial charge on any atom is 0.0340 e. The van der Waals surface area contributed by atoms with Gasteiger partial charge in [-0.1, -0.05) is 151 Å². The maximum absolute atomic E-state index is 3.59. The van der Waals surface area contributed by atoms with Crippen LogP contribution in [-0.4, -0.2) is 6.54 Å².